The van der Waals surface area contributed by atoms with Crippen molar-refractivity contribution < 1.29 is 0 Å². The summed E-state index contributed by atoms with van der Waals surface area (Å²) in [5.41, 5.74) is 0. The van der Waals surface area contributed by atoms with Crippen LogP contribution in [0.1, 0.15) is 7.43 Å². The highest BCUT2D eigenvalue weighted by molar-refractivity contribution is 6.40. The number of alkyl halides is 4. The van der Waals surface area contributed by atoms with Crippen LogP contribution in [0.4, 0.5) is 0 Å². The van der Waals surface area contributed by atoms with Gasteiger partial charge in [-0.25, -0.2) is 0 Å². The van der Waals surface area contributed by atoms with Crippen LogP contribution in [0.15, 0.2) is 0 Å². The van der Waals surface area contributed by atoms with Crippen LogP contribution in [0.3, 0.4) is 0 Å². The van der Waals surface area contributed by atoms with E-state index in [4.69, 9.17) is 46.4 Å². The van der Waals surface area contributed by atoms with Gasteiger partial charge in [-0.05, 0) is 0 Å². The SMILES string of the molecule is C.ClCCl.ClCCl. The highest BCUT2D eigenvalue weighted by Crippen LogP contribution is 1.73. The third-order valence-corrected chi connectivity index (χ3v) is 0. The van der Waals surface area contributed by atoms with Gasteiger partial charge < -0.3 is 0 Å². The normalized spacial score (nSPS) is 5.14. The molecule has 0 nitrogen and oxygen atoms in total. The molecule has 0 amide bonds. The largest absolute Gasteiger partial charge is 0.109 e. The van der Waals surface area contributed by atoms with E-state index in [1.54, 1.807) is 0 Å². The summed E-state index contributed by atoms with van der Waals surface area (Å²) in [6.45, 7) is 0. The molecule has 0 rings (SSSR count). The molecule has 0 aromatic rings. The number of hydrogen-bond donors (Lipinski definition) is 0. The molecule has 0 spiro atoms. The molecular formula is C3H8Cl4. The van der Waals surface area contributed by atoms with Gasteiger partial charge in [-0.15, -0.1) is 46.4 Å². The summed E-state index contributed by atoms with van der Waals surface area (Å²) in [4.78, 5) is 0. The lowest BCUT2D eigenvalue weighted by molar-refractivity contribution is 2.20. The van der Waals surface area contributed by atoms with Crippen LogP contribution in [0.5, 0.6) is 0 Å². The Balaban J connectivity index is -0.0000000400. The predicted molar refractivity (Wildman–Crippen MR) is 39.9 cm³/mol. The van der Waals surface area contributed by atoms with E-state index in [2.05, 4.69) is 0 Å². The molecule has 0 saturated heterocycles. The van der Waals surface area contributed by atoms with Gasteiger partial charge in [0.05, 0.1) is 10.7 Å². The molecule has 0 saturated carbocycles. The second-order valence-corrected chi connectivity index (χ2v) is 1.82. The molecule has 0 heterocycles. The average molecular weight is 186 g/mol. The van der Waals surface area contributed by atoms with Crippen molar-refractivity contribution in [2.75, 3.05) is 10.7 Å². The smallest absolute Gasteiger partial charge is 0.0967 e. The van der Waals surface area contributed by atoms with Gasteiger partial charge in [-0.1, -0.05) is 7.43 Å². The van der Waals surface area contributed by atoms with Crippen LogP contribution in [-0.4, -0.2) is 10.7 Å². The third kappa shape index (κ3) is 142. The first-order valence-corrected chi connectivity index (χ1v) is 3.21. The fourth-order valence-electron chi connectivity index (χ4n) is 0. The lowest BCUT2D eigenvalue weighted by Crippen LogP contribution is -1.24. The quantitative estimate of drug-likeness (QED) is 0.508. The molecule has 0 aliphatic carbocycles. The standard InChI is InChI=1S/2CH2Cl2.CH4/c2*2-1-3;/h2*1H2;1H4. The zero-order chi connectivity index (χ0) is 5.41. The minimum atomic E-state index is 0. The molecule has 0 aliphatic heterocycles. The molecule has 0 radical (unpaired) electrons. The van der Waals surface area contributed by atoms with Gasteiger partial charge in [0, 0.05) is 0 Å². The van der Waals surface area contributed by atoms with Gasteiger partial charge in [0.15, 0.2) is 0 Å². The third-order valence-electron chi connectivity index (χ3n) is 0. The van der Waals surface area contributed by atoms with Gasteiger partial charge in [0.2, 0.25) is 0 Å². The van der Waals surface area contributed by atoms with E-state index >= 15 is 0 Å². The summed E-state index contributed by atoms with van der Waals surface area (Å²) in [7, 11) is 0. The van der Waals surface area contributed by atoms with Crippen LogP contribution in [-0.2, 0) is 0 Å². The van der Waals surface area contributed by atoms with Crippen molar-refractivity contribution in [1.82, 2.24) is 0 Å². The van der Waals surface area contributed by atoms with Gasteiger partial charge >= 0.3 is 0 Å². The Kier molecular flexibility index (Phi) is 61.1. The number of halogens is 4. The second kappa shape index (κ2) is 27.2. The molecule has 7 heavy (non-hydrogen) atoms. The van der Waals surface area contributed by atoms with Crippen molar-refractivity contribution in [3.63, 3.8) is 0 Å². The topological polar surface area (TPSA) is 0 Å². The predicted octanol–water partition coefficient (Wildman–Crippen LogP) is 3.48. The van der Waals surface area contributed by atoms with Crippen molar-refractivity contribution in [2.45, 2.75) is 7.43 Å². The van der Waals surface area contributed by atoms with Crippen LogP contribution in [0.25, 0.3) is 0 Å². The van der Waals surface area contributed by atoms with E-state index in [0.29, 0.717) is 0 Å². The minimum absolute atomic E-state index is 0. The van der Waals surface area contributed by atoms with E-state index < -0.39 is 0 Å². The van der Waals surface area contributed by atoms with E-state index in [-0.39, 0.29) is 18.1 Å². The number of rotatable bonds is 0. The van der Waals surface area contributed by atoms with Crippen molar-refractivity contribution in [1.29, 1.82) is 0 Å². The summed E-state index contributed by atoms with van der Waals surface area (Å²) in [5, 5.41) is 0.389. The summed E-state index contributed by atoms with van der Waals surface area (Å²) in [6.07, 6.45) is 0. The molecule has 0 N–H and O–H groups in total. The van der Waals surface area contributed by atoms with Gasteiger partial charge in [-0.2, -0.15) is 0 Å². The van der Waals surface area contributed by atoms with Crippen molar-refractivity contribution in [3.05, 3.63) is 0 Å². The van der Waals surface area contributed by atoms with E-state index in [1.165, 1.54) is 0 Å². The number of hydrogen-bond acceptors (Lipinski definition) is 0. The lowest BCUT2D eigenvalue weighted by atomic mass is 11.9. The molecule has 0 fully saturated rings. The average Bonchev–Trinajstić information content (AvgIpc) is 1.39. The molecular weight excluding hydrogens is 178 g/mol. The van der Waals surface area contributed by atoms with Crippen LogP contribution in [0.2, 0.25) is 0 Å². The molecule has 48 valence electrons. The molecule has 0 atom stereocenters. The Bertz CT molecular complexity index is 8.90. The summed E-state index contributed by atoms with van der Waals surface area (Å²) >= 11 is 19.1. The molecule has 0 aliphatic rings. The summed E-state index contributed by atoms with van der Waals surface area (Å²) in [5.74, 6) is 0. The van der Waals surface area contributed by atoms with Gasteiger partial charge in [-0.3, -0.25) is 0 Å². The van der Waals surface area contributed by atoms with Crippen molar-refractivity contribution in [2.24, 2.45) is 0 Å². The summed E-state index contributed by atoms with van der Waals surface area (Å²) in [6, 6.07) is 0. The van der Waals surface area contributed by atoms with Crippen LogP contribution in [0, 0.1) is 0 Å². The zero-order valence-electron chi connectivity index (χ0n) is 2.93. The maximum atomic E-state index is 4.76. The highest BCUT2D eigenvalue weighted by Gasteiger charge is 1.42. The Morgan fingerprint density at radius 1 is 0.714 bits per heavy atom. The second-order valence-electron chi connectivity index (χ2n) is 0.202. The summed E-state index contributed by atoms with van der Waals surface area (Å²) < 4.78 is 0. The lowest BCUT2D eigenvalue weighted by Gasteiger charge is -1.42. The van der Waals surface area contributed by atoms with Crippen LogP contribution >= 0.6 is 46.4 Å². The Labute approximate surface area is 64.7 Å². The first-order valence-electron chi connectivity index (χ1n) is 1.07. The molecule has 0 unspecified atom stereocenters. The maximum absolute atomic E-state index is 4.76. The first kappa shape index (κ1) is 15.7. The molecule has 0 aromatic carbocycles. The Morgan fingerprint density at radius 3 is 0.714 bits per heavy atom. The van der Waals surface area contributed by atoms with Gasteiger partial charge in [0.25, 0.3) is 0 Å². The molecule has 4 heteroatoms. The monoisotopic (exact) mass is 184 g/mol. The highest BCUT2D eigenvalue weighted by atomic mass is 35.5. The zero-order valence-corrected chi connectivity index (χ0v) is 5.95. The molecule has 0 aromatic heterocycles. The van der Waals surface area contributed by atoms with Crippen LogP contribution < -0.4 is 0 Å². The van der Waals surface area contributed by atoms with Crippen molar-refractivity contribution >= 4 is 46.4 Å². The van der Waals surface area contributed by atoms with E-state index in [0.717, 1.165) is 0 Å². The fourth-order valence-corrected chi connectivity index (χ4v) is 0. The first-order chi connectivity index (χ1) is 2.83. The maximum Gasteiger partial charge on any atom is 0.0967 e. The Hall–Kier alpha value is 1.16. The minimum Gasteiger partial charge on any atom is -0.109 e. The Morgan fingerprint density at radius 2 is 0.714 bits per heavy atom. The van der Waals surface area contributed by atoms with E-state index in [9.17, 15) is 0 Å². The van der Waals surface area contributed by atoms with E-state index in [1.807, 2.05) is 0 Å². The van der Waals surface area contributed by atoms with Crippen molar-refractivity contribution in [3.8, 4) is 0 Å². The fraction of sp³-hybridized carbons (Fsp3) is 1.00. The molecule has 0 bridgehead atoms. The van der Waals surface area contributed by atoms with Gasteiger partial charge in [0.1, 0.15) is 0 Å².